The SMILES string of the molecule is CC(C)C1CC(=O)N(CC2CCC(C(C)(C)C)CC2)C1=O. The highest BCUT2D eigenvalue weighted by molar-refractivity contribution is 6.03. The monoisotopic (exact) mass is 293 g/mol. The normalized spacial score (nSPS) is 31.3. The molecule has 2 fully saturated rings. The molecule has 0 aromatic heterocycles. The Morgan fingerprint density at radius 1 is 1.10 bits per heavy atom. The number of nitrogens with zero attached hydrogens (tertiary/aromatic N) is 1. The van der Waals surface area contributed by atoms with Gasteiger partial charge in [-0.05, 0) is 48.9 Å². The quantitative estimate of drug-likeness (QED) is 0.741. The average molecular weight is 293 g/mol. The number of rotatable bonds is 3. The van der Waals surface area contributed by atoms with Crippen molar-refractivity contribution < 1.29 is 9.59 Å². The summed E-state index contributed by atoms with van der Waals surface area (Å²) in [4.78, 5) is 26.0. The molecule has 2 rings (SSSR count). The second-order valence-electron chi connectivity index (χ2n) is 8.48. The van der Waals surface area contributed by atoms with Crippen LogP contribution in [0.25, 0.3) is 0 Å². The van der Waals surface area contributed by atoms with Crippen LogP contribution in [0, 0.1) is 29.1 Å². The van der Waals surface area contributed by atoms with Gasteiger partial charge in [-0.3, -0.25) is 14.5 Å². The van der Waals surface area contributed by atoms with E-state index in [1.807, 2.05) is 13.8 Å². The van der Waals surface area contributed by atoms with Crippen molar-refractivity contribution in [2.45, 2.75) is 66.7 Å². The van der Waals surface area contributed by atoms with Crippen molar-refractivity contribution in [3.8, 4) is 0 Å². The van der Waals surface area contributed by atoms with Gasteiger partial charge in [0.25, 0.3) is 0 Å². The van der Waals surface area contributed by atoms with Crippen molar-refractivity contribution in [1.82, 2.24) is 4.90 Å². The first-order valence-corrected chi connectivity index (χ1v) is 8.54. The lowest BCUT2D eigenvalue weighted by Crippen LogP contribution is -2.38. The zero-order chi connectivity index (χ0) is 15.8. The lowest BCUT2D eigenvalue weighted by Gasteiger charge is -2.37. The second-order valence-corrected chi connectivity index (χ2v) is 8.48. The Kier molecular flexibility index (Phi) is 4.79. The van der Waals surface area contributed by atoms with Crippen LogP contribution in [-0.4, -0.2) is 23.3 Å². The molecule has 2 amide bonds. The van der Waals surface area contributed by atoms with Gasteiger partial charge < -0.3 is 0 Å². The maximum absolute atomic E-state index is 12.4. The minimum absolute atomic E-state index is 0.0524. The van der Waals surface area contributed by atoms with Gasteiger partial charge in [0.05, 0.1) is 0 Å². The zero-order valence-corrected chi connectivity index (χ0v) is 14.3. The first-order valence-electron chi connectivity index (χ1n) is 8.54. The summed E-state index contributed by atoms with van der Waals surface area (Å²) in [6.45, 7) is 11.7. The molecule has 21 heavy (non-hydrogen) atoms. The van der Waals surface area contributed by atoms with Gasteiger partial charge in [-0.1, -0.05) is 34.6 Å². The maximum Gasteiger partial charge on any atom is 0.233 e. The minimum Gasteiger partial charge on any atom is -0.282 e. The summed E-state index contributed by atoms with van der Waals surface area (Å²) in [7, 11) is 0. The summed E-state index contributed by atoms with van der Waals surface area (Å²) in [5, 5.41) is 0. The van der Waals surface area contributed by atoms with Crippen LogP contribution in [0.4, 0.5) is 0 Å². The van der Waals surface area contributed by atoms with Crippen LogP contribution in [0.2, 0.25) is 0 Å². The summed E-state index contributed by atoms with van der Waals surface area (Å²) < 4.78 is 0. The van der Waals surface area contributed by atoms with Gasteiger partial charge in [-0.15, -0.1) is 0 Å². The van der Waals surface area contributed by atoms with Crippen molar-refractivity contribution in [3.05, 3.63) is 0 Å². The third-order valence-corrected chi connectivity index (χ3v) is 5.60. The number of amides is 2. The Morgan fingerprint density at radius 2 is 1.67 bits per heavy atom. The van der Waals surface area contributed by atoms with E-state index in [1.54, 1.807) is 4.90 Å². The molecule has 0 N–H and O–H groups in total. The van der Waals surface area contributed by atoms with E-state index >= 15 is 0 Å². The molecule has 1 saturated carbocycles. The Bertz CT molecular complexity index is 400. The van der Waals surface area contributed by atoms with E-state index < -0.39 is 0 Å². The van der Waals surface area contributed by atoms with Crippen LogP contribution in [0.3, 0.4) is 0 Å². The summed E-state index contributed by atoms with van der Waals surface area (Å²) in [6.07, 6.45) is 5.21. The van der Waals surface area contributed by atoms with E-state index in [-0.39, 0.29) is 23.7 Å². The fourth-order valence-corrected chi connectivity index (χ4v) is 3.89. The number of hydrogen-bond donors (Lipinski definition) is 0. The molecule has 1 heterocycles. The third-order valence-electron chi connectivity index (χ3n) is 5.60. The van der Waals surface area contributed by atoms with E-state index in [0.29, 0.717) is 24.3 Å². The molecule has 0 spiro atoms. The number of carbonyl (C=O) groups is 2. The molecular formula is C18H31NO2. The summed E-state index contributed by atoms with van der Waals surface area (Å²) >= 11 is 0. The second kappa shape index (κ2) is 6.10. The van der Waals surface area contributed by atoms with Gasteiger partial charge in [-0.25, -0.2) is 0 Å². The van der Waals surface area contributed by atoms with E-state index in [4.69, 9.17) is 0 Å². The highest BCUT2D eigenvalue weighted by atomic mass is 16.2. The van der Waals surface area contributed by atoms with Crippen LogP contribution in [0.1, 0.15) is 66.7 Å². The number of likely N-dealkylation sites (tertiary alicyclic amines) is 1. The van der Waals surface area contributed by atoms with Gasteiger partial charge in [-0.2, -0.15) is 0 Å². The van der Waals surface area contributed by atoms with Gasteiger partial charge >= 0.3 is 0 Å². The smallest absolute Gasteiger partial charge is 0.233 e. The topological polar surface area (TPSA) is 37.4 Å². The van der Waals surface area contributed by atoms with Gasteiger partial charge in [0, 0.05) is 18.9 Å². The molecule has 3 nitrogen and oxygen atoms in total. The van der Waals surface area contributed by atoms with Gasteiger partial charge in [0.2, 0.25) is 11.8 Å². The lowest BCUT2D eigenvalue weighted by atomic mass is 9.70. The Labute approximate surface area is 129 Å². The maximum atomic E-state index is 12.4. The molecule has 1 aliphatic heterocycles. The summed E-state index contributed by atoms with van der Waals surface area (Å²) in [5.74, 6) is 1.61. The van der Waals surface area contributed by atoms with Crippen molar-refractivity contribution in [2.75, 3.05) is 6.54 Å². The van der Waals surface area contributed by atoms with Crippen LogP contribution < -0.4 is 0 Å². The van der Waals surface area contributed by atoms with E-state index in [0.717, 1.165) is 18.8 Å². The zero-order valence-electron chi connectivity index (χ0n) is 14.3. The van der Waals surface area contributed by atoms with Crippen molar-refractivity contribution in [2.24, 2.45) is 29.1 Å². The molecule has 1 aliphatic carbocycles. The molecule has 1 unspecified atom stereocenters. The van der Waals surface area contributed by atoms with Crippen LogP contribution in [-0.2, 0) is 9.59 Å². The minimum atomic E-state index is -0.0802. The van der Waals surface area contributed by atoms with Crippen LogP contribution in [0.5, 0.6) is 0 Å². The largest absolute Gasteiger partial charge is 0.282 e. The molecule has 0 radical (unpaired) electrons. The van der Waals surface area contributed by atoms with Crippen molar-refractivity contribution >= 4 is 11.8 Å². The highest BCUT2D eigenvalue weighted by Gasteiger charge is 2.41. The predicted octanol–water partition coefficient (Wildman–Crippen LogP) is 3.87. The molecule has 0 bridgehead atoms. The Balaban J connectivity index is 1.89. The Morgan fingerprint density at radius 3 is 2.10 bits per heavy atom. The molecular weight excluding hydrogens is 262 g/mol. The molecule has 2 aliphatic rings. The summed E-state index contributed by atoms with van der Waals surface area (Å²) in [5.41, 5.74) is 0.382. The van der Waals surface area contributed by atoms with Crippen molar-refractivity contribution in [3.63, 3.8) is 0 Å². The third kappa shape index (κ3) is 3.67. The molecule has 3 heteroatoms. The average Bonchev–Trinajstić information content (AvgIpc) is 2.66. The molecule has 0 aromatic carbocycles. The van der Waals surface area contributed by atoms with Crippen LogP contribution >= 0.6 is 0 Å². The summed E-state index contributed by atoms with van der Waals surface area (Å²) in [6, 6.07) is 0. The number of imide groups is 1. The van der Waals surface area contributed by atoms with Gasteiger partial charge in [0.1, 0.15) is 0 Å². The predicted molar refractivity (Wildman–Crippen MR) is 84.6 cm³/mol. The number of carbonyl (C=O) groups excluding carboxylic acids is 2. The Hall–Kier alpha value is -0.860. The van der Waals surface area contributed by atoms with E-state index in [2.05, 4.69) is 20.8 Å². The fraction of sp³-hybridized carbons (Fsp3) is 0.889. The van der Waals surface area contributed by atoms with E-state index in [9.17, 15) is 9.59 Å². The molecule has 1 saturated heterocycles. The fourth-order valence-electron chi connectivity index (χ4n) is 3.89. The highest BCUT2D eigenvalue weighted by Crippen LogP contribution is 2.40. The van der Waals surface area contributed by atoms with Crippen LogP contribution in [0.15, 0.2) is 0 Å². The standard InChI is InChI=1S/C18H31NO2/c1-12(2)15-10-16(20)19(17(15)21)11-13-6-8-14(9-7-13)18(3,4)5/h12-15H,6-11H2,1-5H3. The van der Waals surface area contributed by atoms with E-state index in [1.165, 1.54) is 12.8 Å². The lowest BCUT2D eigenvalue weighted by molar-refractivity contribution is -0.140. The number of hydrogen-bond acceptors (Lipinski definition) is 2. The first-order chi connectivity index (χ1) is 9.70. The first kappa shape index (κ1) is 16.5. The molecule has 0 aromatic rings. The molecule has 120 valence electrons. The van der Waals surface area contributed by atoms with Crippen molar-refractivity contribution in [1.29, 1.82) is 0 Å². The van der Waals surface area contributed by atoms with Gasteiger partial charge in [0.15, 0.2) is 0 Å². The molecule has 1 atom stereocenters.